The van der Waals surface area contributed by atoms with Gasteiger partial charge in [0.05, 0.1) is 18.2 Å². The van der Waals surface area contributed by atoms with Gasteiger partial charge in [0.2, 0.25) is 0 Å². The molecule has 3 rings (SSSR count). The molecule has 1 amide bonds. The SMILES string of the molecule is COc1cc(/C=N\NC(=O)c2cccc([N+](=O)[O-])c2)ccc1OS(=O)(=O)c1ccc(C)cc1. The van der Waals surface area contributed by atoms with Gasteiger partial charge in [0, 0.05) is 17.7 Å². The number of nitro groups is 1. The summed E-state index contributed by atoms with van der Waals surface area (Å²) >= 11 is 0. The molecule has 0 spiro atoms. The highest BCUT2D eigenvalue weighted by Gasteiger charge is 2.19. The largest absolute Gasteiger partial charge is 0.493 e. The zero-order chi connectivity index (χ0) is 24.0. The number of nitrogens with zero attached hydrogens (tertiary/aromatic N) is 2. The van der Waals surface area contributed by atoms with E-state index in [1.165, 1.54) is 61.9 Å². The predicted octanol–water partition coefficient (Wildman–Crippen LogP) is 3.44. The van der Waals surface area contributed by atoms with Gasteiger partial charge in [-0.05, 0) is 48.9 Å². The predicted molar refractivity (Wildman–Crippen MR) is 120 cm³/mol. The standard InChI is InChI=1S/C22H19N3O7S/c1-15-6-9-19(10-7-15)33(29,30)32-20-11-8-16(12-21(20)31-2)14-23-24-22(26)17-4-3-5-18(13-17)25(27)28/h3-14H,1-2H3,(H,24,26)/b23-14-. The molecule has 3 aromatic carbocycles. The molecule has 0 radical (unpaired) electrons. The molecule has 0 aromatic heterocycles. The van der Waals surface area contributed by atoms with E-state index < -0.39 is 20.9 Å². The van der Waals surface area contributed by atoms with Gasteiger partial charge in [-0.1, -0.05) is 23.8 Å². The maximum Gasteiger partial charge on any atom is 0.339 e. The Morgan fingerprint density at radius 2 is 1.79 bits per heavy atom. The molecule has 0 aliphatic heterocycles. The average Bonchev–Trinajstić information content (AvgIpc) is 2.80. The Kier molecular flexibility index (Phi) is 7.04. The number of nitro benzene ring substituents is 1. The van der Waals surface area contributed by atoms with Crippen LogP contribution in [0.15, 0.2) is 76.7 Å². The summed E-state index contributed by atoms with van der Waals surface area (Å²) in [5.74, 6) is -0.512. The van der Waals surface area contributed by atoms with E-state index in [4.69, 9.17) is 8.92 Å². The summed E-state index contributed by atoms with van der Waals surface area (Å²) in [6.07, 6.45) is 1.30. The van der Waals surface area contributed by atoms with E-state index in [2.05, 4.69) is 10.5 Å². The first-order chi connectivity index (χ1) is 15.7. The average molecular weight is 469 g/mol. The molecule has 3 aromatic rings. The van der Waals surface area contributed by atoms with Gasteiger partial charge in [0.1, 0.15) is 4.90 Å². The van der Waals surface area contributed by atoms with Crippen LogP contribution in [0.25, 0.3) is 0 Å². The van der Waals surface area contributed by atoms with Gasteiger partial charge in [-0.15, -0.1) is 0 Å². The van der Waals surface area contributed by atoms with Gasteiger partial charge in [0.15, 0.2) is 11.5 Å². The van der Waals surface area contributed by atoms with Crippen molar-refractivity contribution < 1.29 is 27.1 Å². The highest BCUT2D eigenvalue weighted by molar-refractivity contribution is 7.87. The fourth-order valence-corrected chi connectivity index (χ4v) is 3.63. The molecule has 11 heteroatoms. The molecule has 1 N–H and O–H groups in total. The Balaban J connectivity index is 1.72. The number of methoxy groups -OCH3 is 1. The number of non-ortho nitro benzene ring substituents is 1. The number of hydrazone groups is 1. The zero-order valence-corrected chi connectivity index (χ0v) is 18.4. The van der Waals surface area contributed by atoms with E-state index in [0.717, 1.165) is 11.6 Å². The van der Waals surface area contributed by atoms with Crippen LogP contribution in [0.2, 0.25) is 0 Å². The first kappa shape index (κ1) is 23.4. The zero-order valence-electron chi connectivity index (χ0n) is 17.6. The van der Waals surface area contributed by atoms with E-state index in [9.17, 15) is 23.3 Å². The molecule has 0 aliphatic carbocycles. The van der Waals surface area contributed by atoms with Gasteiger partial charge in [-0.3, -0.25) is 14.9 Å². The van der Waals surface area contributed by atoms with Crippen LogP contribution in [0.5, 0.6) is 11.5 Å². The molecule has 0 fully saturated rings. The maximum absolute atomic E-state index is 12.5. The van der Waals surface area contributed by atoms with Gasteiger partial charge in [-0.2, -0.15) is 13.5 Å². The molecule has 10 nitrogen and oxygen atoms in total. The Morgan fingerprint density at radius 3 is 2.45 bits per heavy atom. The Hall–Kier alpha value is -4.25. The van der Waals surface area contributed by atoms with Gasteiger partial charge in [0.25, 0.3) is 11.6 Å². The number of carbonyl (C=O) groups is 1. The molecule has 0 unspecified atom stereocenters. The number of aryl methyl sites for hydroxylation is 1. The Morgan fingerprint density at radius 1 is 1.06 bits per heavy atom. The van der Waals surface area contributed by atoms with Crippen molar-refractivity contribution in [2.75, 3.05) is 7.11 Å². The third-order valence-corrected chi connectivity index (χ3v) is 5.64. The van der Waals surface area contributed by atoms with Crippen LogP contribution in [-0.2, 0) is 10.1 Å². The lowest BCUT2D eigenvalue weighted by atomic mass is 10.2. The monoisotopic (exact) mass is 469 g/mol. The lowest BCUT2D eigenvalue weighted by Crippen LogP contribution is -2.17. The Labute approximate surface area is 189 Å². The topological polar surface area (TPSA) is 137 Å². The van der Waals surface area contributed by atoms with E-state index in [-0.39, 0.29) is 27.6 Å². The van der Waals surface area contributed by atoms with Crippen molar-refractivity contribution in [2.45, 2.75) is 11.8 Å². The lowest BCUT2D eigenvalue weighted by Gasteiger charge is -2.11. The van der Waals surface area contributed by atoms with Crippen LogP contribution in [0.1, 0.15) is 21.5 Å². The third kappa shape index (κ3) is 5.92. The normalized spacial score (nSPS) is 11.2. The first-order valence-electron chi connectivity index (χ1n) is 9.46. The van der Waals surface area contributed by atoms with Crippen molar-refractivity contribution in [3.8, 4) is 11.5 Å². The van der Waals surface area contributed by atoms with E-state index >= 15 is 0 Å². The summed E-state index contributed by atoms with van der Waals surface area (Å²) in [5.41, 5.74) is 3.52. The van der Waals surface area contributed by atoms with Crippen molar-refractivity contribution in [2.24, 2.45) is 5.10 Å². The van der Waals surface area contributed by atoms with Crippen LogP contribution < -0.4 is 14.3 Å². The van der Waals surface area contributed by atoms with Crippen molar-refractivity contribution in [3.63, 3.8) is 0 Å². The first-order valence-corrected chi connectivity index (χ1v) is 10.9. The second kappa shape index (κ2) is 9.92. The number of hydrogen-bond donors (Lipinski definition) is 1. The molecule has 0 heterocycles. The third-order valence-electron chi connectivity index (χ3n) is 4.40. The molecule has 0 bridgehead atoms. The Bertz CT molecular complexity index is 1320. The number of ether oxygens (including phenoxy) is 1. The van der Waals surface area contributed by atoms with E-state index in [1.807, 2.05) is 6.92 Å². The summed E-state index contributed by atoms with van der Waals surface area (Å²) in [4.78, 5) is 22.4. The van der Waals surface area contributed by atoms with Gasteiger partial charge < -0.3 is 8.92 Å². The fourth-order valence-electron chi connectivity index (χ4n) is 2.70. The molecular formula is C22H19N3O7S. The minimum atomic E-state index is -4.06. The van der Waals surface area contributed by atoms with Crippen molar-refractivity contribution in [3.05, 3.63) is 93.5 Å². The van der Waals surface area contributed by atoms with Crippen LogP contribution in [0.3, 0.4) is 0 Å². The number of amides is 1. The molecule has 0 saturated heterocycles. The molecule has 0 aliphatic rings. The van der Waals surface area contributed by atoms with Crippen LogP contribution >= 0.6 is 0 Å². The molecule has 170 valence electrons. The van der Waals surface area contributed by atoms with Crippen LogP contribution in [0, 0.1) is 17.0 Å². The smallest absolute Gasteiger partial charge is 0.339 e. The van der Waals surface area contributed by atoms with Crippen molar-refractivity contribution in [1.82, 2.24) is 5.43 Å². The minimum Gasteiger partial charge on any atom is -0.493 e. The molecule has 0 atom stereocenters. The van der Waals surface area contributed by atoms with Crippen molar-refractivity contribution >= 4 is 27.9 Å². The van der Waals surface area contributed by atoms with E-state index in [1.54, 1.807) is 12.1 Å². The fraction of sp³-hybridized carbons (Fsp3) is 0.0909. The lowest BCUT2D eigenvalue weighted by molar-refractivity contribution is -0.384. The van der Waals surface area contributed by atoms with Crippen LogP contribution in [0.4, 0.5) is 5.69 Å². The number of nitrogens with one attached hydrogen (secondary N) is 1. The summed E-state index contributed by atoms with van der Waals surface area (Å²) in [7, 11) is -2.71. The van der Waals surface area contributed by atoms with Crippen molar-refractivity contribution in [1.29, 1.82) is 0 Å². The van der Waals surface area contributed by atoms with E-state index in [0.29, 0.717) is 5.56 Å². The number of carbonyl (C=O) groups excluding carboxylic acids is 1. The summed E-state index contributed by atoms with van der Waals surface area (Å²) in [6, 6.07) is 15.8. The highest BCUT2D eigenvalue weighted by Crippen LogP contribution is 2.30. The second-order valence-corrected chi connectivity index (χ2v) is 8.31. The highest BCUT2D eigenvalue weighted by atomic mass is 32.2. The molecular weight excluding hydrogens is 450 g/mol. The number of hydrogen-bond acceptors (Lipinski definition) is 8. The summed E-state index contributed by atoms with van der Waals surface area (Å²) in [6.45, 7) is 1.84. The van der Waals surface area contributed by atoms with Gasteiger partial charge >= 0.3 is 10.1 Å². The summed E-state index contributed by atoms with van der Waals surface area (Å²) in [5, 5.41) is 14.6. The molecule has 0 saturated carbocycles. The maximum atomic E-state index is 12.5. The molecule has 33 heavy (non-hydrogen) atoms. The van der Waals surface area contributed by atoms with Gasteiger partial charge in [-0.25, -0.2) is 5.43 Å². The minimum absolute atomic E-state index is 0.00431. The number of rotatable bonds is 8. The summed E-state index contributed by atoms with van der Waals surface area (Å²) < 4.78 is 35.5. The number of benzene rings is 3. The second-order valence-electron chi connectivity index (χ2n) is 6.77. The quantitative estimate of drug-likeness (QED) is 0.231. The van der Waals surface area contributed by atoms with Crippen LogP contribution in [-0.4, -0.2) is 32.6 Å².